The van der Waals surface area contributed by atoms with Gasteiger partial charge in [0.05, 0.1) is 0 Å². The second kappa shape index (κ2) is 3.77. The minimum Gasteiger partial charge on any atom is -0.324 e. The summed E-state index contributed by atoms with van der Waals surface area (Å²) in [5.74, 6) is 1.22. The van der Waals surface area contributed by atoms with E-state index >= 15 is 0 Å². The molecule has 1 aromatic rings. The predicted molar refractivity (Wildman–Crippen MR) is 62.3 cm³/mol. The Balaban J connectivity index is 1.85. The van der Waals surface area contributed by atoms with Crippen molar-refractivity contribution >= 4 is 0 Å². The highest BCUT2D eigenvalue weighted by Crippen LogP contribution is 2.56. The zero-order chi connectivity index (χ0) is 12.2. The van der Waals surface area contributed by atoms with Gasteiger partial charge in [-0.15, -0.1) is 0 Å². The first kappa shape index (κ1) is 11.1. The van der Waals surface area contributed by atoms with Gasteiger partial charge < -0.3 is 5.73 Å². The third kappa shape index (κ3) is 1.86. The fraction of sp³-hybridized carbons (Fsp3) is 0.571. The molecule has 1 nitrogen and oxygen atoms in total. The van der Waals surface area contributed by atoms with Gasteiger partial charge in [0.2, 0.25) is 0 Å². The van der Waals surface area contributed by atoms with E-state index in [1.165, 1.54) is 18.6 Å². The van der Waals surface area contributed by atoms with Crippen LogP contribution in [-0.4, -0.2) is 0 Å². The molecule has 3 heteroatoms. The highest BCUT2D eigenvalue weighted by atomic mass is 19.1. The fourth-order valence-electron chi connectivity index (χ4n) is 3.23. The van der Waals surface area contributed by atoms with Gasteiger partial charge in [0, 0.05) is 11.6 Å². The molecular formula is C14H17F2N. The molecule has 2 aliphatic carbocycles. The van der Waals surface area contributed by atoms with Gasteiger partial charge in [-0.1, -0.05) is 0 Å². The second-order valence-corrected chi connectivity index (χ2v) is 5.64. The van der Waals surface area contributed by atoms with Gasteiger partial charge in [-0.3, -0.25) is 0 Å². The molecule has 2 N–H and O–H groups in total. The lowest BCUT2D eigenvalue weighted by Gasteiger charge is -2.21. The van der Waals surface area contributed by atoms with Crippen LogP contribution in [0, 0.1) is 36.3 Å². The Hall–Kier alpha value is -0.960. The molecule has 3 unspecified atom stereocenters. The Morgan fingerprint density at radius 2 is 1.76 bits per heavy atom. The number of fused-ring (bicyclic) bond motifs is 1. The maximum atomic E-state index is 13.8. The van der Waals surface area contributed by atoms with Crippen LogP contribution in [0.3, 0.4) is 0 Å². The van der Waals surface area contributed by atoms with Crippen molar-refractivity contribution in [3.8, 4) is 0 Å². The van der Waals surface area contributed by atoms with E-state index in [1.54, 1.807) is 6.92 Å². The van der Waals surface area contributed by atoms with Gasteiger partial charge >= 0.3 is 0 Å². The summed E-state index contributed by atoms with van der Waals surface area (Å²) in [6.45, 7) is 1.57. The summed E-state index contributed by atoms with van der Waals surface area (Å²) in [6, 6.07) is 2.18. The lowest BCUT2D eigenvalue weighted by molar-refractivity contribution is 0.391. The van der Waals surface area contributed by atoms with Crippen molar-refractivity contribution in [2.75, 3.05) is 0 Å². The van der Waals surface area contributed by atoms with Crippen LogP contribution in [0.25, 0.3) is 0 Å². The molecule has 0 amide bonds. The average Bonchev–Trinajstić information content (AvgIpc) is 2.90. The molecule has 1 aromatic carbocycles. The van der Waals surface area contributed by atoms with Crippen LogP contribution in [0.15, 0.2) is 12.1 Å². The molecule has 2 fully saturated rings. The summed E-state index contributed by atoms with van der Waals surface area (Å²) >= 11 is 0. The van der Waals surface area contributed by atoms with Gasteiger partial charge in [0.15, 0.2) is 0 Å². The van der Waals surface area contributed by atoms with Crippen molar-refractivity contribution in [3.05, 3.63) is 34.9 Å². The first-order chi connectivity index (χ1) is 8.06. The Kier molecular flexibility index (Phi) is 2.47. The van der Waals surface area contributed by atoms with E-state index in [9.17, 15) is 8.78 Å². The smallest absolute Gasteiger partial charge is 0.128 e. The third-order valence-electron chi connectivity index (χ3n) is 4.42. The summed E-state index contributed by atoms with van der Waals surface area (Å²) in [5, 5.41) is 0. The van der Waals surface area contributed by atoms with E-state index in [-0.39, 0.29) is 17.7 Å². The quantitative estimate of drug-likeness (QED) is 0.839. The van der Waals surface area contributed by atoms with Crippen molar-refractivity contribution in [3.63, 3.8) is 0 Å². The van der Waals surface area contributed by atoms with Gasteiger partial charge in [0.25, 0.3) is 0 Å². The Bertz CT molecular complexity index is 448. The van der Waals surface area contributed by atoms with Crippen molar-refractivity contribution in [1.29, 1.82) is 0 Å². The zero-order valence-corrected chi connectivity index (χ0v) is 9.92. The van der Waals surface area contributed by atoms with Crippen LogP contribution < -0.4 is 5.73 Å². The minimum atomic E-state index is -0.364. The summed E-state index contributed by atoms with van der Waals surface area (Å²) < 4.78 is 27.3. The van der Waals surface area contributed by atoms with Gasteiger partial charge in [0.1, 0.15) is 11.6 Å². The average molecular weight is 237 g/mol. The number of benzene rings is 1. The molecule has 0 radical (unpaired) electrons. The van der Waals surface area contributed by atoms with E-state index in [1.807, 2.05) is 0 Å². The van der Waals surface area contributed by atoms with Crippen LogP contribution in [0.1, 0.15) is 36.4 Å². The molecular weight excluding hydrogens is 220 g/mol. The largest absolute Gasteiger partial charge is 0.324 e. The van der Waals surface area contributed by atoms with Crippen molar-refractivity contribution in [1.82, 2.24) is 0 Å². The molecule has 2 saturated carbocycles. The van der Waals surface area contributed by atoms with Crippen molar-refractivity contribution in [2.45, 2.75) is 32.2 Å². The van der Waals surface area contributed by atoms with Gasteiger partial charge in [-0.25, -0.2) is 8.78 Å². The molecule has 2 aliphatic rings. The minimum absolute atomic E-state index is 0.329. The molecule has 0 saturated heterocycles. The summed E-state index contributed by atoms with van der Waals surface area (Å²) in [7, 11) is 0. The summed E-state index contributed by atoms with van der Waals surface area (Å²) in [5.41, 5.74) is 6.78. The summed E-state index contributed by atoms with van der Waals surface area (Å²) in [6.07, 6.45) is 3.48. The maximum absolute atomic E-state index is 13.8. The monoisotopic (exact) mass is 237 g/mol. The molecule has 92 valence electrons. The normalized spacial score (nSPS) is 32.4. The molecule has 3 atom stereocenters. The number of hydrogen-bond acceptors (Lipinski definition) is 1. The standard InChI is InChI=1S/C14H17F2N/c1-7-2-13(16)11(6-12(7)15)14(17)10-4-8-3-9(8)5-10/h2,6,8-10,14H,3-5,17H2,1H3. The van der Waals surface area contributed by atoms with E-state index < -0.39 is 0 Å². The fourth-order valence-corrected chi connectivity index (χ4v) is 3.23. The van der Waals surface area contributed by atoms with Crippen LogP contribution in [0.2, 0.25) is 0 Å². The van der Waals surface area contributed by atoms with Gasteiger partial charge in [-0.05, 0) is 61.6 Å². The first-order valence-electron chi connectivity index (χ1n) is 6.27. The lowest BCUT2D eigenvalue weighted by atomic mass is 9.89. The van der Waals surface area contributed by atoms with Crippen LogP contribution in [-0.2, 0) is 0 Å². The molecule has 0 heterocycles. The molecule has 17 heavy (non-hydrogen) atoms. The van der Waals surface area contributed by atoms with Crippen molar-refractivity contribution < 1.29 is 8.78 Å². The zero-order valence-electron chi connectivity index (χ0n) is 9.92. The molecule has 0 bridgehead atoms. The number of aryl methyl sites for hydroxylation is 1. The highest BCUT2D eigenvalue weighted by molar-refractivity contribution is 5.28. The molecule has 0 aromatic heterocycles. The Morgan fingerprint density at radius 1 is 1.12 bits per heavy atom. The molecule has 0 aliphatic heterocycles. The van der Waals surface area contributed by atoms with Gasteiger partial charge in [-0.2, -0.15) is 0 Å². The van der Waals surface area contributed by atoms with Crippen LogP contribution in [0.5, 0.6) is 0 Å². The van der Waals surface area contributed by atoms with Crippen LogP contribution >= 0.6 is 0 Å². The van der Waals surface area contributed by atoms with Crippen molar-refractivity contribution in [2.24, 2.45) is 23.5 Å². The maximum Gasteiger partial charge on any atom is 0.128 e. The summed E-state index contributed by atoms with van der Waals surface area (Å²) in [4.78, 5) is 0. The second-order valence-electron chi connectivity index (χ2n) is 5.64. The van der Waals surface area contributed by atoms with E-state index in [4.69, 9.17) is 5.73 Å². The highest BCUT2D eigenvalue weighted by Gasteiger charge is 2.47. The number of rotatable bonds is 2. The number of nitrogens with two attached hydrogens (primary N) is 1. The topological polar surface area (TPSA) is 26.0 Å². The number of hydrogen-bond donors (Lipinski definition) is 1. The first-order valence-corrected chi connectivity index (χ1v) is 6.27. The Labute approximate surface area is 100 Å². The SMILES string of the molecule is Cc1cc(F)c(C(N)C2CC3CC3C2)cc1F. The molecule has 0 spiro atoms. The molecule has 3 rings (SSSR count). The van der Waals surface area contributed by atoms with E-state index in [0.29, 0.717) is 17.0 Å². The van der Waals surface area contributed by atoms with Crippen LogP contribution in [0.4, 0.5) is 8.78 Å². The predicted octanol–water partition coefficient (Wildman–Crippen LogP) is 3.32. The number of halogens is 2. The van der Waals surface area contributed by atoms with E-state index in [2.05, 4.69) is 0 Å². The lowest BCUT2D eigenvalue weighted by Crippen LogP contribution is -2.22. The Morgan fingerprint density at radius 3 is 2.41 bits per heavy atom. The third-order valence-corrected chi connectivity index (χ3v) is 4.42. The van der Waals surface area contributed by atoms with E-state index in [0.717, 1.165) is 24.7 Å².